The first kappa shape index (κ1) is 10.6. The minimum atomic E-state index is -0.274. The SMILES string of the molecule is CC.Cc1ncc(Br)cc1F. The predicted molar refractivity (Wildman–Crippen MR) is 48.0 cm³/mol. The number of hydrogen-bond acceptors (Lipinski definition) is 1. The topological polar surface area (TPSA) is 12.9 Å². The molecule has 3 heteroatoms. The van der Waals surface area contributed by atoms with Gasteiger partial charge < -0.3 is 0 Å². The molecule has 0 amide bonds. The van der Waals surface area contributed by atoms with Crippen molar-refractivity contribution >= 4 is 15.9 Å². The van der Waals surface area contributed by atoms with Crippen molar-refractivity contribution in [2.45, 2.75) is 20.8 Å². The van der Waals surface area contributed by atoms with Gasteiger partial charge in [-0.1, -0.05) is 13.8 Å². The van der Waals surface area contributed by atoms with Gasteiger partial charge in [-0.15, -0.1) is 0 Å². The van der Waals surface area contributed by atoms with E-state index in [0.717, 1.165) is 0 Å². The monoisotopic (exact) mass is 219 g/mol. The predicted octanol–water partition coefficient (Wildman–Crippen LogP) is 3.32. The van der Waals surface area contributed by atoms with Gasteiger partial charge in [0.05, 0.1) is 5.69 Å². The lowest BCUT2D eigenvalue weighted by atomic mass is 10.4. The second kappa shape index (κ2) is 5.24. The number of hydrogen-bond donors (Lipinski definition) is 0. The van der Waals surface area contributed by atoms with Crippen molar-refractivity contribution in [3.05, 3.63) is 28.2 Å². The van der Waals surface area contributed by atoms with E-state index in [1.54, 1.807) is 13.1 Å². The van der Waals surface area contributed by atoms with Gasteiger partial charge in [-0.3, -0.25) is 4.98 Å². The number of aryl methyl sites for hydroxylation is 1. The first-order valence-corrected chi connectivity index (χ1v) is 4.27. The molecule has 1 rings (SSSR count). The molecule has 0 unspecified atom stereocenters. The number of halogens is 2. The normalized spacial score (nSPS) is 8.45. The molecule has 1 heterocycles. The molecule has 0 aromatic carbocycles. The minimum Gasteiger partial charge on any atom is -0.257 e. The molecule has 1 nitrogen and oxygen atoms in total. The summed E-state index contributed by atoms with van der Waals surface area (Å²) in [6, 6.07) is 1.39. The first-order valence-electron chi connectivity index (χ1n) is 3.48. The Balaban J connectivity index is 0.000000461. The van der Waals surface area contributed by atoms with Gasteiger partial charge in [-0.25, -0.2) is 4.39 Å². The van der Waals surface area contributed by atoms with E-state index in [0.29, 0.717) is 10.2 Å². The molecule has 0 radical (unpaired) electrons. The summed E-state index contributed by atoms with van der Waals surface area (Å²) in [4.78, 5) is 3.76. The van der Waals surface area contributed by atoms with Crippen LogP contribution in [0.1, 0.15) is 19.5 Å². The van der Waals surface area contributed by atoms with Crippen LogP contribution in [0, 0.1) is 12.7 Å². The van der Waals surface area contributed by atoms with Crippen molar-refractivity contribution < 1.29 is 4.39 Å². The Labute approximate surface area is 74.8 Å². The summed E-state index contributed by atoms with van der Waals surface area (Å²) >= 11 is 3.09. The molecule has 0 bridgehead atoms. The molecule has 0 spiro atoms. The lowest BCUT2D eigenvalue weighted by Crippen LogP contribution is -1.85. The van der Waals surface area contributed by atoms with Crippen molar-refractivity contribution in [3.8, 4) is 0 Å². The molecule has 11 heavy (non-hydrogen) atoms. The summed E-state index contributed by atoms with van der Waals surface area (Å²) in [6.07, 6.45) is 1.57. The number of nitrogens with zero attached hydrogens (tertiary/aromatic N) is 1. The van der Waals surface area contributed by atoms with Gasteiger partial charge in [0.2, 0.25) is 0 Å². The zero-order chi connectivity index (χ0) is 8.85. The summed E-state index contributed by atoms with van der Waals surface area (Å²) in [5.74, 6) is -0.274. The van der Waals surface area contributed by atoms with E-state index in [1.165, 1.54) is 6.07 Å². The van der Waals surface area contributed by atoms with E-state index < -0.39 is 0 Å². The van der Waals surface area contributed by atoms with E-state index >= 15 is 0 Å². The van der Waals surface area contributed by atoms with Crippen LogP contribution < -0.4 is 0 Å². The molecule has 0 aliphatic heterocycles. The molecule has 0 saturated carbocycles. The largest absolute Gasteiger partial charge is 0.257 e. The Hall–Kier alpha value is -0.440. The average Bonchev–Trinajstić information content (AvgIpc) is 2.02. The van der Waals surface area contributed by atoms with E-state index in [-0.39, 0.29) is 5.82 Å². The van der Waals surface area contributed by atoms with Crippen LogP contribution in [0.25, 0.3) is 0 Å². The van der Waals surface area contributed by atoms with Crippen molar-refractivity contribution in [3.63, 3.8) is 0 Å². The van der Waals surface area contributed by atoms with Crippen molar-refractivity contribution in [1.29, 1.82) is 0 Å². The molecule has 0 saturated heterocycles. The third-order valence-corrected chi connectivity index (χ3v) is 1.43. The summed E-state index contributed by atoms with van der Waals surface area (Å²) in [5, 5.41) is 0. The van der Waals surface area contributed by atoms with Crippen LogP contribution in [0.2, 0.25) is 0 Å². The Morgan fingerprint density at radius 2 is 2.00 bits per heavy atom. The summed E-state index contributed by atoms with van der Waals surface area (Å²) in [6.45, 7) is 5.63. The molecular formula is C8H11BrFN. The molecule has 1 aromatic rings. The maximum Gasteiger partial charge on any atom is 0.145 e. The van der Waals surface area contributed by atoms with Gasteiger partial charge >= 0.3 is 0 Å². The highest BCUT2D eigenvalue weighted by molar-refractivity contribution is 9.10. The van der Waals surface area contributed by atoms with Gasteiger partial charge in [-0.05, 0) is 28.9 Å². The van der Waals surface area contributed by atoms with Gasteiger partial charge in [0.25, 0.3) is 0 Å². The zero-order valence-corrected chi connectivity index (χ0v) is 8.44. The molecule has 1 aromatic heterocycles. The van der Waals surface area contributed by atoms with Crippen LogP contribution in [-0.4, -0.2) is 4.98 Å². The standard InChI is InChI=1S/C6H5BrFN.C2H6/c1-4-6(8)2-5(7)3-9-4;1-2/h2-3H,1H3;1-2H3. The molecule has 0 aliphatic rings. The molecule has 0 N–H and O–H groups in total. The van der Waals surface area contributed by atoms with Crippen LogP contribution in [-0.2, 0) is 0 Å². The number of rotatable bonds is 0. The summed E-state index contributed by atoms with van der Waals surface area (Å²) < 4.78 is 13.2. The van der Waals surface area contributed by atoms with Crippen LogP contribution in [0.4, 0.5) is 4.39 Å². The van der Waals surface area contributed by atoms with Gasteiger partial charge in [0, 0.05) is 10.7 Å². The first-order chi connectivity index (χ1) is 5.20. The smallest absolute Gasteiger partial charge is 0.145 e. The lowest BCUT2D eigenvalue weighted by Gasteiger charge is -1.92. The number of aromatic nitrogens is 1. The van der Waals surface area contributed by atoms with E-state index in [1.807, 2.05) is 13.8 Å². The molecule has 0 atom stereocenters. The highest BCUT2D eigenvalue weighted by Gasteiger charge is 1.96. The van der Waals surface area contributed by atoms with Gasteiger partial charge in [-0.2, -0.15) is 0 Å². The van der Waals surface area contributed by atoms with Gasteiger partial charge in [0.15, 0.2) is 0 Å². The molecule has 0 fully saturated rings. The fourth-order valence-electron chi connectivity index (χ4n) is 0.483. The Morgan fingerprint density at radius 1 is 1.45 bits per heavy atom. The van der Waals surface area contributed by atoms with E-state index in [9.17, 15) is 4.39 Å². The van der Waals surface area contributed by atoms with E-state index in [2.05, 4.69) is 20.9 Å². The van der Waals surface area contributed by atoms with Crippen LogP contribution in [0.15, 0.2) is 16.7 Å². The van der Waals surface area contributed by atoms with Crippen molar-refractivity contribution in [1.82, 2.24) is 4.98 Å². The maximum absolute atomic E-state index is 12.5. The average molecular weight is 220 g/mol. The number of pyridine rings is 1. The summed E-state index contributed by atoms with van der Waals surface area (Å²) in [5.41, 5.74) is 0.429. The van der Waals surface area contributed by atoms with Crippen LogP contribution in [0.5, 0.6) is 0 Å². The third-order valence-electron chi connectivity index (χ3n) is 0.992. The van der Waals surface area contributed by atoms with Crippen molar-refractivity contribution in [2.75, 3.05) is 0 Å². The second-order valence-corrected chi connectivity index (χ2v) is 2.64. The maximum atomic E-state index is 12.5. The van der Waals surface area contributed by atoms with Gasteiger partial charge in [0.1, 0.15) is 5.82 Å². The van der Waals surface area contributed by atoms with Crippen molar-refractivity contribution in [2.24, 2.45) is 0 Å². The van der Waals surface area contributed by atoms with Crippen LogP contribution in [0.3, 0.4) is 0 Å². The Morgan fingerprint density at radius 3 is 2.36 bits per heavy atom. The third kappa shape index (κ3) is 3.46. The second-order valence-electron chi connectivity index (χ2n) is 1.72. The minimum absolute atomic E-state index is 0.274. The molecular weight excluding hydrogens is 209 g/mol. The Kier molecular flexibility index (Phi) is 5.03. The van der Waals surface area contributed by atoms with E-state index in [4.69, 9.17) is 0 Å². The highest BCUT2D eigenvalue weighted by Crippen LogP contribution is 2.10. The summed E-state index contributed by atoms with van der Waals surface area (Å²) in [7, 11) is 0. The quantitative estimate of drug-likeness (QED) is 0.653. The van der Waals surface area contributed by atoms with Crippen LogP contribution >= 0.6 is 15.9 Å². The zero-order valence-electron chi connectivity index (χ0n) is 6.86. The fourth-order valence-corrected chi connectivity index (χ4v) is 0.786. The lowest BCUT2D eigenvalue weighted by molar-refractivity contribution is 0.608. The molecule has 62 valence electrons. The Bertz CT molecular complexity index is 225. The highest BCUT2D eigenvalue weighted by atomic mass is 79.9. The fraction of sp³-hybridized carbons (Fsp3) is 0.375. The molecule has 0 aliphatic carbocycles.